The fourth-order valence-electron chi connectivity index (χ4n) is 2.32. The van der Waals surface area contributed by atoms with Crippen molar-refractivity contribution in [2.45, 2.75) is 32.7 Å². The summed E-state index contributed by atoms with van der Waals surface area (Å²) in [6, 6.07) is 7.98. The van der Waals surface area contributed by atoms with Crippen LogP contribution in [-0.2, 0) is 4.79 Å². The molecule has 0 radical (unpaired) electrons. The van der Waals surface area contributed by atoms with Gasteiger partial charge in [-0.25, -0.2) is 0 Å². The normalized spacial score (nSPS) is 15.5. The van der Waals surface area contributed by atoms with E-state index in [0.717, 1.165) is 5.02 Å². The van der Waals surface area contributed by atoms with E-state index in [-0.39, 0.29) is 23.8 Å². The van der Waals surface area contributed by atoms with E-state index in [1.165, 1.54) is 5.56 Å². The highest BCUT2D eigenvalue weighted by Gasteiger charge is 2.25. The molecule has 0 saturated heterocycles. The fraction of sp³-hybridized carbons (Fsp3) is 0.562. The zero-order valence-corrected chi connectivity index (χ0v) is 13.7. The van der Waals surface area contributed by atoms with Gasteiger partial charge in [-0.1, -0.05) is 37.6 Å². The Morgan fingerprint density at radius 1 is 1.25 bits per heavy atom. The van der Waals surface area contributed by atoms with Crippen LogP contribution in [0.5, 0.6) is 0 Å². The molecule has 0 aliphatic rings. The van der Waals surface area contributed by atoms with Crippen molar-refractivity contribution in [3.8, 4) is 0 Å². The Hall–Kier alpha value is -1.06. The van der Waals surface area contributed by atoms with Crippen molar-refractivity contribution in [1.82, 2.24) is 10.2 Å². The van der Waals surface area contributed by atoms with Gasteiger partial charge >= 0.3 is 0 Å². The topological polar surface area (TPSA) is 32.3 Å². The van der Waals surface area contributed by atoms with Crippen molar-refractivity contribution in [2.24, 2.45) is 5.92 Å². The molecule has 1 aromatic carbocycles. The summed E-state index contributed by atoms with van der Waals surface area (Å²) in [4.78, 5) is 14.2. The van der Waals surface area contributed by atoms with Crippen LogP contribution in [-0.4, -0.2) is 37.5 Å². The minimum Gasteiger partial charge on any atom is -0.342 e. The number of halogens is 1. The molecule has 20 heavy (non-hydrogen) atoms. The highest BCUT2D eigenvalue weighted by Crippen LogP contribution is 2.24. The lowest BCUT2D eigenvalue weighted by Gasteiger charge is -2.32. The molecule has 0 aliphatic heterocycles. The molecule has 112 valence electrons. The Morgan fingerprint density at radius 2 is 1.80 bits per heavy atom. The number of rotatable bonds is 6. The van der Waals surface area contributed by atoms with E-state index < -0.39 is 0 Å². The summed E-state index contributed by atoms with van der Waals surface area (Å²) >= 11 is 5.91. The smallest absolute Gasteiger partial charge is 0.226 e. The summed E-state index contributed by atoms with van der Waals surface area (Å²) in [5.41, 5.74) is 1.20. The summed E-state index contributed by atoms with van der Waals surface area (Å²) in [5.74, 6) is 0.431. The average molecular weight is 297 g/mol. The van der Waals surface area contributed by atoms with Crippen LogP contribution >= 0.6 is 11.6 Å². The monoisotopic (exact) mass is 296 g/mol. The van der Waals surface area contributed by atoms with Crippen molar-refractivity contribution in [2.75, 3.05) is 20.6 Å². The van der Waals surface area contributed by atoms with Gasteiger partial charge in [0.05, 0.1) is 0 Å². The molecule has 4 heteroatoms. The molecule has 1 aromatic rings. The van der Waals surface area contributed by atoms with E-state index in [1.54, 1.807) is 0 Å². The first-order chi connectivity index (χ1) is 9.38. The Bertz CT molecular complexity index is 433. The number of hydrogen-bond acceptors (Lipinski definition) is 2. The van der Waals surface area contributed by atoms with Gasteiger partial charge in [0.1, 0.15) is 0 Å². The maximum absolute atomic E-state index is 12.3. The van der Waals surface area contributed by atoms with Gasteiger partial charge < -0.3 is 10.2 Å². The third kappa shape index (κ3) is 4.22. The van der Waals surface area contributed by atoms with Crippen molar-refractivity contribution in [3.05, 3.63) is 34.9 Å². The molecule has 0 saturated carbocycles. The third-order valence-electron chi connectivity index (χ3n) is 4.01. The van der Waals surface area contributed by atoms with Gasteiger partial charge in [-0.2, -0.15) is 0 Å². The number of carbonyl (C=O) groups is 1. The van der Waals surface area contributed by atoms with Crippen molar-refractivity contribution in [1.29, 1.82) is 0 Å². The van der Waals surface area contributed by atoms with E-state index in [4.69, 9.17) is 11.6 Å². The number of nitrogens with zero attached hydrogens (tertiary/aromatic N) is 1. The van der Waals surface area contributed by atoms with Crippen LogP contribution in [0.4, 0.5) is 0 Å². The van der Waals surface area contributed by atoms with Gasteiger partial charge in [-0.15, -0.1) is 0 Å². The molecule has 1 amide bonds. The van der Waals surface area contributed by atoms with Crippen molar-refractivity contribution < 1.29 is 4.79 Å². The largest absolute Gasteiger partial charge is 0.342 e. The molecule has 0 aromatic heterocycles. The van der Waals surface area contributed by atoms with E-state index in [2.05, 4.69) is 19.2 Å². The average Bonchev–Trinajstić information content (AvgIpc) is 2.45. The number of amides is 1. The zero-order valence-electron chi connectivity index (χ0n) is 13.0. The molecular weight excluding hydrogens is 272 g/mol. The van der Waals surface area contributed by atoms with Crippen LogP contribution in [0.3, 0.4) is 0 Å². The second-order valence-electron chi connectivity index (χ2n) is 5.49. The number of likely N-dealkylation sites (N-methyl/N-ethyl adjacent to an activating group) is 1. The van der Waals surface area contributed by atoms with E-state index in [9.17, 15) is 4.79 Å². The molecule has 1 N–H and O–H groups in total. The Labute approximate surface area is 127 Å². The maximum atomic E-state index is 12.3. The van der Waals surface area contributed by atoms with E-state index >= 15 is 0 Å². The summed E-state index contributed by atoms with van der Waals surface area (Å²) in [5, 5.41) is 3.78. The molecule has 0 bridgehead atoms. The molecule has 3 nitrogen and oxygen atoms in total. The lowest BCUT2D eigenvalue weighted by atomic mass is 9.93. The number of benzene rings is 1. The minimum absolute atomic E-state index is 0.00938. The van der Waals surface area contributed by atoms with Gasteiger partial charge in [0.25, 0.3) is 0 Å². The number of hydrogen-bond donors (Lipinski definition) is 1. The Morgan fingerprint density at radius 3 is 2.30 bits per heavy atom. The second-order valence-corrected chi connectivity index (χ2v) is 5.93. The Kier molecular flexibility index (Phi) is 6.50. The van der Waals surface area contributed by atoms with Gasteiger partial charge in [0, 0.05) is 36.5 Å². The highest BCUT2D eigenvalue weighted by atomic mass is 35.5. The summed E-state index contributed by atoms with van der Waals surface area (Å²) < 4.78 is 0. The minimum atomic E-state index is -0.00938. The van der Waals surface area contributed by atoms with Crippen LogP contribution in [0.25, 0.3) is 0 Å². The molecule has 0 aliphatic carbocycles. The SMILES string of the molecule is CNCC(C)C(=O)N(C)C(C)C(C)c1ccc(Cl)cc1. The molecule has 0 fully saturated rings. The summed E-state index contributed by atoms with van der Waals surface area (Å²) in [6.45, 7) is 6.88. The van der Waals surface area contributed by atoms with Crippen LogP contribution < -0.4 is 5.32 Å². The van der Waals surface area contributed by atoms with Gasteiger partial charge in [0.2, 0.25) is 5.91 Å². The lowest BCUT2D eigenvalue weighted by molar-refractivity contribution is -0.135. The lowest BCUT2D eigenvalue weighted by Crippen LogP contribution is -2.43. The van der Waals surface area contributed by atoms with Crippen molar-refractivity contribution >= 4 is 17.5 Å². The summed E-state index contributed by atoms with van der Waals surface area (Å²) in [7, 11) is 3.75. The zero-order chi connectivity index (χ0) is 15.3. The molecule has 0 heterocycles. The van der Waals surface area contributed by atoms with E-state index in [1.807, 2.05) is 50.2 Å². The second kappa shape index (κ2) is 7.65. The van der Waals surface area contributed by atoms with Crippen LogP contribution in [0, 0.1) is 5.92 Å². The molecular formula is C16H25ClN2O. The van der Waals surface area contributed by atoms with Gasteiger partial charge in [0.15, 0.2) is 0 Å². The number of carbonyl (C=O) groups excluding carboxylic acids is 1. The molecule has 3 atom stereocenters. The number of nitrogens with one attached hydrogen (secondary N) is 1. The third-order valence-corrected chi connectivity index (χ3v) is 4.26. The molecule has 3 unspecified atom stereocenters. The summed E-state index contributed by atoms with van der Waals surface area (Å²) in [6.07, 6.45) is 0. The predicted molar refractivity (Wildman–Crippen MR) is 85.2 cm³/mol. The fourth-order valence-corrected chi connectivity index (χ4v) is 2.45. The standard InChI is InChI=1S/C16H25ClN2O/c1-11(10-18-4)16(20)19(5)13(3)12(2)14-6-8-15(17)9-7-14/h6-9,11-13,18H,10H2,1-5H3. The van der Waals surface area contributed by atoms with Gasteiger partial charge in [-0.05, 0) is 31.7 Å². The highest BCUT2D eigenvalue weighted by molar-refractivity contribution is 6.30. The first-order valence-electron chi connectivity index (χ1n) is 7.05. The van der Waals surface area contributed by atoms with Crippen molar-refractivity contribution in [3.63, 3.8) is 0 Å². The maximum Gasteiger partial charge on any atom is 0.226 e. The predicted octanol–water partition coefficient (Wildman–Crippen LogP) is 3.15. The van der Waals surface area contributed by atoms with E-state index in [0.29, 0.717) is 6.54 Å². The first kappa shape index (κ1) is 17.0. The van der Waals surface area contributed by atoms with Gasteiger partial charge in [-0.3, -0.25) is 4.79 Å². The van der Waals surface area contributed by atoms with Crippen LogP contribution in [0.15, 0.2) is 24.3 Å². The Balaban J connectivity index is 2.75. The van der Waals surface area contributed by atoms with Crippen LogP contribution in [0.2, 0.25) is 5.02 Å². The molecule has 1 rings (SSSR count). The quantitative estimate of drug-likeness (QED) is 0.874. The molecule has 0 spiro atoms. The van der Waals surface area contributed by atoms with Crippen LogP contribution in [0.1, 0.15) is 32.3 Å². The first-order valence-corrected chi connectivity index (χ1v) is 7.43.